The zero-order valence-electron chi connectivity index (χ0n) is 14.5. The lowest BCUT2D eigenvalue weighted by molar-refractivity contribution is -0.117. The number of hydrogen-bond acceptors (Lipinski definition) is 7. The molecule has 0 radical (unpaired) electrons. The predicted octanol–water partition coefficient (Wildman–Crippen LogP) is 1.45. The molecule has 1 unspecified atom stereocenters. The number of anilines is 1. The van der Waals surface area contributed by atoms with E-state index in [0.717, 1.165) is 0 Å². The minimum atomic E-state index is -1.31. The van der Waals surface area contributed by atoms with Crippen LogP contribution in [0.5, 0.6) is 0 Å². The molecule has 1 saturated heterocycles. The number of aromatic nitrogens is 2. The number of carbonyl (C=O) groups is 1. The highest BCUT2D eigenvalue weighted by molar-refractivity contribution is 7.87. The van der Waals surface area contributed by atoms with Crippen LogP contribution in [0, 0.1) is 0 Å². The fraction of sp³-hybridized carbons (Fsp3) is 0.800. The average molecular weight is 376 g/mol. The lowest BCUT2D eigenvalue weighted by Crippen LogP contribution is -2.46. The monoisotopic (exact) mass is 375 g/mol. The van der Waals surface area contributed by atoms with Crippen molar-refractivity contribution in [1.82, 2.24) is 10.2 Å². The first-order chi connectivity index (χ1) is 11.2. The van der Waals surface area contributed by atoms with Gasteiger partial charge in [0.1, 0.15) is 9.75 Å². The highest BCUT2D eigenvalue weighted by Crippen LogP contribution is 2.29. The van der Waals surface area contributed by atoms with Crippen LogP contribution in [0.2, 0.25) is 0 Å². The summed E-state index contributed by atoms with van der Waals surface area (Å²) in [5, 5.41) is 21.1. The molecular formula is C15H25N3O4S2. The summed E-state index contributed by atoms with van der Waals surface area (Å²) in [5.41, 5.74) is -0.513. The smallest absolute Gasteiger partial charge is 0.244 e. The summed E-state index contributed by atoms with van der Waals surface area (Å²) in [4.78, 5) is 12.6. The molecule has 7 nitrogen and oxygen atoms in total. The van der Waals surface area contributed by atoms with Crippen molar-refractivity contribution in [3.05, 3.63) is 5.01 Å². The second kappa shape index (κ2) is 7.55. The van der Waals surface area contributed by atoms with E-state index in [-0.39, 0.29) is 17.8 Å². The van der Waals surface area contributed by atoms with Crippen LogP contribution in [0.15, 0.2) is 0 Å². The number of hydrogen-bond donors (Lipinski definition) is 2. The Balaban J connectivity index is 2.06. The Hall–Kier alpha value is -0.900. The summed E-state index contributed by atoms with van der Waals surface area (Å²) in [6.45, 7) is 8.19. The van der Waals surface area contributed by atoms with Crippen LogP contribution in [-0.2, 0) is 25.7 Å². The van der Waals surface area contributed by atoms with E-state index < -0.39 is 21.0 Å². The van der Waals surface area contributed by atoms with Crippen molar-refractivity contribution < 1.29 is 18.8 Å². The fourth-order valence-corrected chi connectivity index (χ4v) is 4.78. The number of nitrogens with zero attached hydrogens (tertiary/aromatic N) is 2. The van der Waals surface area contributed by atoms with Gasteiger partial charge in [0.05, 0.1) is 6.61 Å². The van der Waals surface area contributed by atoms with Crippen LogP contribution in [-0.4, -0.2) is 55.2 Å². The largest absolute Gasteiger partial charge is 0.395 e. The first kappa shape index (κ1) is 19.4. The maximum absolute atomic E-state index is 12.8. The number of ether oxygens (including phenoxy) is 1. The maximum atomic E-state index is 12.8. The topological polar surface area (TPSA) is 101 Å². The van der Waals surface area contributed by atoms with Gasteiger partial charge < -0.3 is 9.84 Å². The van der Waals surface area contributed by atoms with Crippen LogP contribution in [0.4, 0.5) is 5.13 Å². The Morgan fingerprint density at radius 1 is 1.33 bits per heavy atom. The molecule has 1 amide bonds. The van der Waals surface area contributed by atoms with Gasteiger partial charge in [0, 0.05) is 34.7 Å². The van der Waals surface area contributed by atoms with E-state index in [1.807, 2.05) is 13.8 Å². The van der Waals surface area contributed by atoms with Crippen molar-refractivity contribution in [2.24, 2.45) is 0 Å². The Labute approximate surface area is 148 Å². The number of amides is 1. The van der Waals surface area contributed by atoms with Gasteiger partial charge in [0.15, 0.2) is 0 Å². The normalized spacial score (nSPS) is 18.4. The molecule has 1 aromatic heterocycles. The van der Waals surface area contributed by atoms with Crippen LogP contribution in [0.25, 0.3) is 0 Å². The molecule has 0 saturated carbocycles. The Morgan fingerprint density at radius 3 is 2.54 bits per heavy atom. The van der Waals surface area contributed by atoms with Crippen LogP contribution in [0.1, 0.15) is 45.5 Å². The zero-order chi connectivity index (χ0) is 18.0. The number of nitrogens with one attached hydrogen (secondary N) is 1. The third-order valence-corrected chi connectivity index (χ3v) is 7.61. The second-order valence-corrected chi connectivity index (χ2v) is 10.3. The van der Waals surface area contributed by atoms with E-state index in [2.05, 4.69) is 15.5 Å². The van der Waals surface area contributed by atoms with Crippen LogP contribution < -0.4 is 5.32 Å². The summed E-state index contributed by atoms with van der Waals surface area (Å²) in [5.74, 6) is -0.336. The van der Waals surface area contributed by atoms with Crippen LogP contribution in [0.3, 0.4) is 0 Å². The van der Waals surface area contributed by atoms with Crippen molar-refractivity contribution >= 4 is 33.2 Å². The van der Waals surface area contributed by atoms with E-state index in [1.165, 1.54) is 11.3 Å². The summed E-state index contributed by atoms with van der Waals surface area (Å²) in [6, 6.07) is 0. The highest BCUT2D eigenvalue weighted by Gasteiger charge is 2.40. The molecule has 136 valence electrons. The van der Waals surface area contributed by atoms with E-state index in [1.54, 1.807) is 13.8 Å². The molecule has 2 rings (SSSR count). The number of aliphatic hydroxyl groups excluding tert-OH is 1. The molecule has 1 fully saturated rings. The molecule has 0 bridgehead atoms. The van der Waals surface area contributed by atoms with Crippen molar-refractivity contribution in [2.45, 2.75) is 55.9 Å². The summed E-state index contributed by atoms with van der Waals surface area (Å²) in [6.07, 6.45) is 1.41. The zero-order valence-corrected chi connectivity index (χ0v) is 16.1. The number of aliphatic hydroxyl groups is 1. The molecule has 0 aromatic carbocycles. The van der Waals surface area contributed by atoms with Gasteiger partial charge in [-0.05, 0) is 26.7 Å². The van der Waals surface area contributed by atoms with Gasteiger partial charge in [0.2, 0.25) is 11.0 Å². The minimum Gasteiger partial charge on any atom is -0.395 e. The third kappa shape index (κ3) is 4.19. The minimum absolute atomic E-state index is 0.0298. The highest BCUT2D eigenvalue weighted by atomic mass is 32.2. The van der Waals surface area contributed by atoms with Gasteiger partial charge >= 0.3 is 0 Å². The summed E-state index contributed by atoms with van der Waals surface area (Å²) >= 11 is 1.22. The molecular weight excluding hydrogens is 350 g/mol. The van der Waals surface area contributed by atoms with Crippen LogP contribution >= 0.6 is 11.3 Å². The Morgan fingerprint density at radius 2 is 1.96 bits per heavy atom. The second-order valence-electron chi connectivity index (χ2n) is 7.03. The summed E-state index contributed by atoms with van der Waals surface area (Å²) < 4.78 is 17.1. The SMILES string of the molecule is CC(C)(CO)c1nnc(NC(=O)C(C)(C)S(=O)C2CCOCC2)s1. The number of carbonyl (C=O) groups excluding carboxylic acids is 1. The molecule has 1 aromatic rings. The molecule has 1 aliphatic rings. The maximum Gasteiger partial charge on any atom is 0.244 e. The van der Waals surface area contributed by atoms with Gasteiger partial charge in [-0.2, -0.15) is 0 Å². The lowest BCUT2D eigenvalue weighted by atomic mass is 9.96. The predicted molar refractivity (Wildman–Crippen MR) is 94.7 cm³/mol. The van der Waals surface area contributed by atoms with Gasteiger partial charge in [-0.1, -0.05) is 25.2 Å². The molecule has 2 heterocycles. The number of rotatable bonds is 6. The van der Waals surface area contributed by atoms with E-state index in [0.29, 0.717) is 36.2 Å². The quantitative estimate of drug-likeness (QED) is 0.780. The first-order valence-corrected chi connectivity index (χ1v) is 9.96. The molecule has 1 aliphatic heterocycles. The molecule has 2 N–H and O–H groups in total. The third-order valence-electron chi connectivity index (χ3n) is 4.14. The first-order valence-electron chi connectivity index (χ1n) is 7.93. The lowest BCUT2D eigenvalue weighted by Gasteiger charge is -2.30. The van der Waals surface area contributed by atoms with Gasteiger partial charge in [-0.3, -0.25) is 14.3 Å². The Bertz CT molecular complexity index is 610. The van der Waals surface area contributed by atoms with E-state index >= 15 is 0 Å². The van der Waals surface area contributed by atoms with Crippen molar-refractivity contribution in [3.63, 3.8) is 0 Å². The van der Waals surface area contributed by atoms with Crippen molar-refractivity contribution in [1.29, 1.82) is 0 Å². The van der Waals surface area contributed by atoms with E-state index in [4.69, 9.17) is 4.74 Å². The fourth-order valence-electron chi connectivity index (χ4n) is 2.26. The average Bonchev–Trinajstić information content (AvgIpc) is 3.04. The Kier molecular flexibility index (Phi) is 6.11. The molecule has 24 heavy (non-hydrogen) atoms. The van der Waals surface area contributed by atoms with Gasteiger partial charge in [0.25, 0.3) is 0 Å². The molecule has 0 spiro atoms. The summed E-state index contributed by atoms with van der Waals surface area (Å²) in [7, 11) is -1.31. The standard InChI is InChI=1S/C15H25N3O4S2/c1-14(2,9-19)12-17-18-13(23-12)16-11(20)15(3,4)24(21)10-5-7-22-8-6-10/h10,19H,5-9H2,1-4H3,(H,16,18,20). The van der Waals surface area contributed by atoms with Gasteiger partial charge in [-0.25, -0.2) is 0 Å². The molecule has 9 heteroatoms. The van der Waals surface area contributed by atoms with Crippen molar-refractivity contribution in [2.75, 3.05) is 25.1 Å². The van der Waals surface area contributed by atoms with Gasteiger partial charge in [-0.15, -0.1) is 10.2 Å². The van der Waals surface area contributed by atoms with Crippen molar-refractivity contribution in [3.8, 4) is 0 Å². The van der Waals surface area contributed by atoms with E-state index in [9.17, 15) is 14.1 Å². The molecule has 0 aliphatic carbocycles. The molecule has 1 atom stereocenters.